The number of hydrogen-bond acceptors (Lipinski definition) is 6. The number of para-hydroxylation sites is 6. The molecule has 15 rings (SSSR count). The van der Waals surface area contributed by atoms with Gasteiger partial charge < -0.3 is 27.5 Å². The van der Waals surface area contributed by atoms with E-state index in [2.05, 4.69) is 272 Å². The van der Waals surface area contributed by atoms with Crippen LogP contribution in [0.5, 0.6) is 0 Å². The summed E-state index contributed by atoms with van der Waals surface area (Å²) in [5, 5.41) is 13.1. The zero-order valence-corrected chi connectivity index (χ0v) is 46.6. The third-order valence-electron chi connectivity index (χ3n) is 16.5. The topological polar surface area (TPSA) is 59.0 Å². The zero-order valence-electron chi connectivity index (χ0n) is 46.6. The van der Waals surface area contributed by atoms with Crippen molar-refractivity contribution in [3.05, 3.63) is 217 Å². The molecule has 15 aromatic rings. The molecule has 0 saturated heterocycles. The molecule has 11 aromatic carbocycles. The van der Waals surface area contributed by atoms with E-state index in [4.69, 9.17) is 17.7 Å². The van der Waals surface area contributed by atoms with E-state index in [-0.39, 0.29) is 16.2 Å². The predicted molar refractivity (Wildman–Crippen MR) is 336 cm³/mol. The second-order valence-electron chi connectivity index (χ2n) is 24.9. The Labute approximate surface area is 464 Å². The van der Waals surface area contributed by atoms with Gasteiger partial charge in [0.25, 0.3) is 0 Å². The summed E-state index contributed by atoms with van der Waals surface area (Å²) in [5.74, 6) is 0. The Hall–Kier alpha value is -9.26. The van der Waals surface area contributed by atoms with Gasteiger partial charge in [0.2, 0.25) is 0 Å². The fourth-order valence-electron chi connectivity index (χ4n) is 12.8. The monoisotopic (exact) mass is 1040 g/mol. The number of fused-ring (bicyclic) bond motifs is 14. The van der Waals surface area contributed by atoms with E-state index in [1.54, 1.807) is 0 Å². The molecule has 0 aliphatic heterocycles. The number of benzene rings is 11. The maximum atomic E-state index is 7.15. The summed E-state index contributed by atoms with van der Waals surface area (Å²) in [6.45, 7) is 20.3. The Morgan fingerprint density at radius 3 is 1.20 bits per heavy atom. The van der Waals surface area contributed by atoms with Gasteiger partial charge in [0.15, 0.2) is 11.2 Å². The second-order valence-corrected chi connectivity index (χ2v) is 24.9. The lowest BCUT2D eigenvalue weighted by Gasteiger charge is -2.26. The molecule has 4 aromatic heterocycles. The number of furan rings is 4. The van der Waals surface area contributed by atoms with Gasteiger partial charge in [-0.25, -0.2) is 0 Å². The van der Waals surface area contributed by atoms with E-state index in [1.165, 1.54) is 11.1 Å². The van der Waals surface area contributed by atoms with E-state index in [9.17, 15) is 0 Å². The standard InChI is InChI=1S/C74H60N2O4/c1-72(2,3)58-28-16-24-51-53-26-18-30-60(69(53)79-67(51)58)75(47-20-12-10-13-21-47)49-34-32-43-38-55-56-42-64-65(66(74(7,8)9)71(56)78-62(55)40-45(43)36-49)57-39-44-33-35-50(37-46(44)41-63(57)77-64)76(48-22-14-11-15-23-48)61-31-19-27-54-52-25-17-29-59(73(4,5)6)68(52)80-70(54)61/h10-42H,1-9H3. The van der Waals surface area contributed by atoms with Crippen molar-refractivity contribution in [2.75, 3.05) is 9.80 Å². The average molecular weight is 1040 g/mol. The summed E-state index contributed by atoms with van der Waals surface area (Å²) in [5.41, 5.74) is 16.1. The number of anilines is 6. The van der Waals surface area contributed by atoms with Crippen LogP contribution in [0.25, 0.3) is 109 Å². The van der Waals surface area contributed by atoms with Gasteiger partial charge in [-0.1, -0.05) is 172 Å². The largest absolute Gasteiger partial charge is 0.456 e. The third-order valence-corrected chi connectivity index (χ3v) is 16.5. The molecule has 80 heavy (non-hydrogen) atoms. The van der Waals surface area contributed by atoms with Crippen molar-refractivity contribution in [1.29, 1.82) is 0 Å². The fraction of sp³-hybridized carbons (Fsp3) is 0.162. The SMILES string of the molecule is CC(C)(C)c1cccc2c1oc1c(N(c3ccccc3)c3ccc4cc5c(cc4c3)oc3c(C(C)(C)C)c4c(cc35)oc3cc5cc(N(c6ccccc6)c6cccc7c6oc6c(C(C)(C)C)cccc67)ccc5cc34)cccc12. The molecule has 6 nitrogen and oxygen atoms in total. The van der Waals surface area contributed by atoms with E-state index in [0.717, 1.165) is 149 Å². The number of nitrogens with zero attached hydrogens (tertiary/aromatic N) is 2. The highest BCUT2D eigenvalue weighted by Gasteiger charge is 2.30. The molecule has 0 radical (unpaired) electrons. The maximum absolute atomic E-state index is 7.15. The molecule has 0 fully saturated rings. The van der Waals surface area contributed by atoms with Crippen LogP contribution in [0.4, 0.5) is 34.1 Å². The summed E-state index contributed by atoms with van der Waals surface area (Å²) in [4.78, 5) is 4.63. The van der Waals surface area contributed by atoms with Crippen molar-refractivity contribution < 1.29 is 17.7 Å². The minimum atomic E-state index is -0.295. The van der Waals surface area contributed by atoms with Crippen LogP contribution in [0, 0.1) is 0 Å². The average Bonchev–Trinajstić information content (AvgIpc) is 4.24. The highest BCUT2D eigenvalue weighted by molar-refractivity contribution is 6.21. The van der Waals surface area contributed by atoms with Gasteiger partial charge in [-0.3, -0.25) is 0 Å². The van der Waals surface area contributed by atoms with Crippen molar-refractivity contribution in [3.8, 4) is 0 Å². The Bertz CT molecular complexity index is 4820. The van der Waals surface area contributed by atoms with Crippen LogP contribution in [-0.4, -0.2) is 0 Å². The second kappa shape index (κ2) is 17.1. The molecule has 0 unspecified atom stereocenters. The number of hydrogen-bond donors (Lipinski definition) is 0. The van der Waals surface area contributed by atoms with E-state index >= 15 is 0 Å². The maximum Gasteiger partial charge on any atom is 0.159 e. The molecule has 0 bridgehead atoms. The molecule has 0 spiro atoms. The molecule has 0 aliphatic rings. The number of rotatable bonds is 6. The summed E-state index contributed by atoms with van der Waals surface area (Å²) >= 11 is 0. The van der Waals surface area contributed by atoms with Gasteiger partial charge in [-0.15, -0.1) is 0 Å². The van der Waals surface area contributed by atoms with Crippen LogP contribution in [0.3, 0.4) is 0 Å². The van der Waals surface area contributed by atoms with Crippen molar-refractivity contribution in [1.82, 2.24) is 0 Å². The molecule has 0 atom stereocenters. The minimum Gasteiger partial charge on any atom is -0.456 e. The van der Waals surface area contributed by atoms with Gasteiger partial charge in [0.05, 0.1) is 11.4 Å². The molecule has 390 valence electrons. The van der Waals surface area contributed by atoms with Crippen LogP contribution < -0.4 is 9.80 Å². The minimum absolute atomic E-state index is 0.0850. The molecule has 0 aliphatic carbocycles. The first-order chi connectivity index (χ1) is 38.5. The van der Waals surface area contributed by atoms with Gasteiger partial charge >= 0.3 is 0 Å². The molecule has 6 heteroatoms. The molecule has 0 saturated carbocycles. The smallest absolute Gasteiger partial charge is 0.159 e. The molecular weight excluding hydrogens is 981 g/mol. The summed E-state index contributed by atoms with van der Waals surface area (Å²) in [6, 6.07) is 71.8. The third kappa shape index (κ3) is 7.38. The van der Waals surface area contributed by atoms with Gasteiger partial charge in [-0.2, -0.15) is 0 Å². The first kappa shape index (κ1) is 47.9. The quantitative estimate of drug-likeness (QED) is 0.165. The first-order valence-electron chi connectivity index (χ1n) is 27.9. The van der Waals surface area contributed by atoms with E-state index in [0.29, 0.717) is 0 Å². The van der Waals surface area contributed by atoms with Crippen LogP contribution in [0.15, 0.2) is 218 Å². The van der Waals surface area contributed by atoms with Crippen LogP contribution in [0.1, 0.15) is 79.0 Å². The Morgan fingerprint density at radius 2 is 0.725 bits per heavy atom. The van der Waals surface area contributed by atoms with E-state index < -0.39 is 0 Å². The molecular formula is C74H60N2O4. The Kier molecular flexibility index (Phi) is 10.3. The van der Waals surface area contributed by atoms with Crippen LogP contribution in [-0.2, 0) is 16.2 Å². The first-order valence-corrected chi connectivity index (χ1v) is 27.9. The Morgan fingerprint density at radius 1 is 0.275 bits per heavy atom. The molecule has 4 heterocycles. The summed E-state index contributed by atoms with van der Waals surface area (Å²) in [6.07, 6.45) is 0. The summed E-state index contributed by atoms with van der Waals surface area (Å²) in [7, 11) is 0. The van der Waals surface area contributed by atoms with Crippen molar-refractivity contribution in [2.45, 2.75) is 78.6 Å². The van der Waals surface area contributed by atoms with Gasteiger partial charge in [0, 0.05) is 82.5 Å². The predicted octanol–water partition coefficient (Wildman–Crippen LogP) is 22.4. The van der Waals surface area contributed by atoms with Crippen molar-refractivity contribution in [3.63, 3.8) is 0 Å². The van der Waals surface area contributed by atoms with Crippen LogP contribution >= 0.6 is 0 Å². The van der Waals surface area contributed by atoms with Crippen molar-refractivity contribution in [2.24, 2.45) is 0 Å². The molecule has 0 amide bonds. The van der Waals surface area contributed by atoms with E-state index in [1.807, 2.05) is 0 Å². The zero-order chi connectivity index (χ0) is 54.6. The normalized spacial score (nSPS) is 12.8. The van der Waals surface area contributed by atoms with Crippen LogP contribution in [0.2, 0.25) is 0 Å². The van der Waals surface area contributed by atoms with Gasteiger partial charge in [0.1, 0.15) is 33.5 Å². The summed E-state index contributed by atoms with van der Waals surface area (Å²) < 4.78 is 28.1. The lowest BCUT2D eigenvalue weighted by Crippen LogP contribution is -2.12. The lowest BCUT2D eigenvalue weighted by molar-refractivity contribution is 0.572. The molecule has 0 N–H and O–H groups in total. The fourth-order valence-corrected chi connectivity index (χ4v) is 12.8. The Balaban J connectivity index is 0.866. The highest BCUT2D eigenvalue weighted by Crippen LogP contribution is 2.50. The van der Waals surface area contributed by atoms with Crippen molar-refractivity contribution >= 4 is 143 Å². The lowest BCUT2D eigenvalue weighted by atomic mass is 9.82. The highest BCUT2D eigenvalue weighted by atomic mass is 16.3. The van der Waals surface area contributed by atoms with Gasteiger partial charge in [-0.05, 0) is 129 Å².